The van der Waals surface area contributed by atoms with Gasteiger partial charge in [0.2, 0.25) is 0 Å². The number of hydrogen-bond acceptors (Lipinski definition) is 3. The van der Waals surface area contributed by atoms with Gasteiger partial charge in [-0.3, -0.25) is 10.1 Å². The van der Waals surface area contributed by atoms with Crippen LogP contribution in [-0.4, -0.2) is 34.4 Å². The predicted octanol–water partition coefficient (Wildman–Crippen LogP) is -0.816. The molecule has 0 aromatic rings. The van der Waals surface area contributed by atoms with Gasteiger partial charge in [0.15, 0.2) is 0 Å². The summed E-state index contributed by atoms with van der Waals surface area (Å²) in [6.07, 6.45) is 1.54. The van der Waals surface area contributed by atoms with E-state index in [-0.39, 0.29) is 18.6 Å². The van der Waals surface area contributed by atoms with Crippen molar-refractivity contribution in [2.45, 2.75) is 24.4 Å². The molecule has 1 aliphatic heterocycles. The zero-order valence-corrected chi connectivity index (χ0v) is 6.08. The van der Waals surface area contributed by atoms with E-state index < -0.39 is 11.5 Å². The maximum absolute atomic E-state index is 10.7. The molecule has 4 nitrogen and oxygen atoms in total. The van der Waals surface area contributed by atoms with Gasteiger partial charge < -0.3 is 10.2 Å². The van der Waals surface area contributed by atoms with Crippen molar-refractivity contribution in [2.24, 2.45) is 5.92 Å². The first-order valence-corrected chi connectivity index (χ1v) is 3.81. The number of aliphatic carboxylic acids is 1. The van der Waals surface area contributed by atoms with Crippen LogP contribution in [0.15, 0.2) is 0 Å². The molecular formula is C7H11NO3. The van der Waals surface area contributed by atoms with Crippen LogP contribution in [0.2, 0.25) is 0 Å². The Bertz CT molecular complexity index is 206. The Kier molecular flexibility index (Phi) is 1.25. The molecular weight excluding hydrogens is 146 g/mol. The molecule has 3 atom stereocenters. The molecule has 1 heterocycles. The molecule has 0 spiro atoms. The highest BCUT2D eigenvalue weighted by Crippen LogP contribution is 2.51. The monoisotopic (exact) mass is 157 g/mol. The minimum absolute atomic E-state index is 0.00449. The molecule has 2 fully saturated rings. The first kappa shape index (κ1) is 7.06. The van der Waals surface area contributed by atoms with Gasteiger partial charge in [-0.05, 0) is 18.8 Å². The van der Waals surface area contributed by atoms with Crippen LogP contribution in [0, 0.1) is 5.92 Å². The Labute approximate surface area is 64.2 Å². The maximum Gasteiger partial charge on any atom is 0.324 e. The summed E-state index contributed by atoms with van der Waals surface area (Å²) in [5.41, 5.74) is -0.659. The summed E-state index contributed by atoms with van der Waals surface area (Å²) >= 11 is 0. The second-order valence-electron chi connectivity index (χ2n) is 3.44. The molecule has 1 saturated carbocycles. The molecule has 4 heteroatoms. The molecule has 0 aromatic heterocycles. The standard InChI is InChI=1S/C7H11NO3/c9-3-5-1-4-2-7(4,8-5)6(10)11/h4-5,8-9H,1-3H2,(H,10,11). The average molecular weight is 157 g/mol. The van der Waals surface area contributed by atoms with Gasteiger partial charge in [0.25, 0.3) is 0 Å². The molecule has 0 amide bonds. The van der Waals surface area contributed by atoms with E-state index in [1.165, 1.54) is 0 Å². The van der Waals surface area contributed by atoms with E-state index >= 15 is 0 Å². The zero-order valence-electron chi connectivity index (χ0n) is 6.08. The van der Waals surface area contributed by atoms with E-state index in [0.717, 1.165) is 12.8 Å². The Hall–Kier alpha value is -0.610. The molecule has 1 aliphatic carbocycles. The fourth-order valence-corrected chi connectivity index (χ4v) is 2.00. The van der Waals surface area contributed by atoms with E-state index in [9.17, 15) is 4.79 Å². The van der Waals surface area contributed by atoms with Crippen molar-refractivity contribution in [1.82, 2.24) is 5.32 Å². The lowest BCUT2D eigenvalue weighted by atomic mass is 10.2. The van der Waals surface area contributed by atoms with Gasteiger partial charge in [-0.25, -0.2) is 0 Å². The van der Waals surface area contributed by atoms with Gasteiger partial charge in [-0.2, -0.15) is 0 Å². The predicted molar refractivity (Wildman–Crippen MR) is 37.1 cm³/mol. The van der Waals surface area contributed by atoms with Gasteiger partial charge in [-0.1, -0.05) is 0 Å². The molecule has 62 valence electrons. The summed E-state index contributed by atoms with van der Waals surface area (Å²) in [5, 5.41) is 20.5. The lowest BCUT2D eigenvalue weighted by Gasteiger charge is -2.12. The quantitative estimate of drug-likeness (QED) is 0.490. The molecule has 11 heavy (non-hydrogen) atoms. The highest BCUT2D eigenvalue weighted by atomic mass is 16.4. The lowest BCUT2D eigenvalue weighted by Crippen LogP contribution is -2.42. The van der Waals surface area contributed by atoms with Crippen LogP contribution in [0.3, 0.4) is 0 Å². The number of carbonyl (C=O) groups is 1. The van der Waals surface area contributed by atoms with Crippen molar-refractivity contribution in [2.75, 3.05) is 6.61 Å². The molecule has 0 aromatic carbocycles. The van der Waals surface area contributed by atoms with E-state index in [1.807, 2.05) is 0 Å². The summed E-state index contributed by atoms with van der Waals surface area (Å²) in [6.45, 7) is 0.0472. The van der Waals surface area contributed by atoms with Gasteiger partial charge in [0, 0.05) is 6.04 Å². The number of aliphatic hydroxyl groups excluding tert-OH is 1. The first-order chi connectivity index (χ1) is 5.19. The van der Waals surface area contributed by atoms with Crippen LogP contribution >= 0.6 is 0 Å². The first-order valence-electron chi connectivity index (χ1n) is 3.81. The van der Waals surface area contributed by atoms with Crippen LogP contribution in [0.4, 0.5) is 0 Å². The minimum atomic E-state index is -0.765. The van der Waals surface area contributed by atoms with Crippen LogP contribution in [0.25, 0.3) is 0 Å². The number of hydrogen-bond donors (Lipinski definition) is 3. The molecule has 1 saturated heterocycles. The van der Waals surface area contributed by atoms with Gasteiger partial charge >= 0.3 is 5.97 Å². The van der Waals surface area contributed by atoms with Crippen molar-refractivity contribution in [3.8, 4) is 0 Å². The maximum atomic E-state index is 10.7. The number of carboxylic acids is 1. The largest absolute Gasteiger partial charge is 0.480 e. The third-order valence-corrected chi connectivity index (χ3v) is 2.74. The van der Waals surface area contributed by atoms with Crippen LogP contribution in [-0.2, 0) is 4.79 Å². The number of piperidine rings is 1. The van der Waals surface area contributed by atoms with Crippen LogP contribution in [0.5, 0.6) is 0 Å². The third kappa shape index (κ3) is 0.795. The number of fused-ring (bicyclic) bond motifs is 1. The van der Waals surface area contributed by atoms with E-state index in [2.05, 4.69) is 5.32 Å². The summed E-state index contributed by atoms with van der Waals surface area (Å²) in [6, 6.07) is 0.00449. The SMILES string of the molecule is O=C(O)C12CC1CC(CO)N2. The van der Waals surface area contributed by atoms with Crippen LogP contribution in [0.1, 0.15) is 12.8 Å². The Morgan fingerprint density at radius 3 is 2.82 bits per heavy atom. The fourth-order valence-electron chi connectivity index (χ4n) is 2.00. The average Bonchev–Trinajstić information content (AvgIpc) is 2.56. The molecule has 0 radical (unpaired) electrons. The topological polar surface area (TPSA) is 69.6 Å². The molecule has 3 unspecified atom stereocenters. The Morgan fingerprint density at radius 1 is 1.73 bits per heavy atom. The number of aliphatic hydroxyl groups is 1. The van der Waals surface area contributed by atoms with Gasteiger partial charge in [0.1, 0.15) is 5.54 Å². The lowest BCUT2D eigenvalue weighted by molar-refractivity contribution is -0.140. The summed E-state index contributed by atoms with van der Waals surface area (Å²) in [4.78, 5) is 10.7. The third-order valence-electron chi connectivity index (χ3n) is 2.74. The van der Waals surface area contributed by atoms with Crippen molar-refractivity contribution >= 4 is 5.97 Å². The minimum Gasteiger partial charge on any atom is -0.480 e. The van der Waals surface area contributed by atoms with E-state index in [4.69, 9.17) is 10.2 Å². The highest BCUT2D eigenvalue weighted by molar-refractivity contribution is 5.84. The van der Waals surface area contributed by atoms with E-state index in [1.54, 1.807) is 0 Å². The number of carboxylic acid groups (broad SMARTS) is 1. The smallest absolute Gasteiger partial charge is 0.324 e. The molecule has 2 rings (SSSR count). The molecule has 2 aliphatic rings. The van der Waals surface area contributed by atoms with Gasteiger partial charge in [0.05, 0.1) is 6.61 Å². The van der Waals surface area contributed by atoms with Crippen molar-refractivity contribution < 1.29 is 15.0 Å². The van der Waals surface area contributed by atoms with E-state index in [0.29, 0.717) is 0 Å². The summed E-state index contributed by atoms with van der Waals surface area (Å²) in [5.74, 6) is -0.504. The summed E-state index contributed by atoms with van der Waals surface area (Å²) < 4.78 is 0. The second-order valence-corrected chi connectivity index (χ2v) is 3.44. The van der Waals surface area contributed by atoms with Crippen molar-refractivity contribution in [1.29, 1.82) is 0 Å². The number of nitrogens with one attached hydrogen (secondary N) is 1. The Morgan fingerprint density at radius 2 is 2.45 bits per heavy atom. The Balaban J connectivity index is 2.07. The van der Waals surface area contributed by atoms with Gasteiger partial charge in [-0.15, -0.1) is 0 Å². The molecule has 3 N–H and O–H groups in total. The highest BCUT2D eigenvalue weighted by Gasteiger charge is 2.65. The second kappa shape index (κ2) is 1.95. The van der Waals surface area contributed by atoms with Crippen LogP contribution < -0.4 is 5.32 Å². The summed E-state index contributed by atoms with van der Waals surface area (Å²) in [7, 11) is 0. The zero-order chi connectivity index (χ0) is 8.06. The van der Waals surface area contributed by atoms with Crippen molar-refractivity contribution in [3.05, 3.63) is 0 Å². The van der Waals surface area contributed by atoms with Crippen molar-refractivity contribution in [3.63, 3.8) is 0 Å². The number of rotatable bonds is 2. The fraction of sp³-hybridized carbons (Fsp3) is 0.857. The normalized spacial score (nSPS) is 47.0. The molecule has 0 bridgehead atoms.